The number of halogens is 2. The number of hydrogen-bond acceptors (Lipinski definition) is 8. The van der Waals surface area contributed by atoms with Crippen LogP contribution in [0.3, 0.4) is 0 Å². The first-order valence-corrected chi connectivity index (χ1v) is 18.2. The Morgan fingerprint density at radius 3 is 1.07 bits per heavy atom. The van der Waals surface area contributed by atoms with Crippen LogP contribution in [0.5, 0.6) is 23.0 Å². The van der Waals surface area contributed by atoms with Gasteiger partial charge in [-0.2, -0.15) is 0 Å². The summed E-state index contributed by atoms with van der Waals surface area (Å²) in [7, 11) is 6.68. The van der Waals surface area contributed by atoms with E-state index in [-0.39, 0.29) is 78.7 Å². The summed E-state index contributed by atoms with van der Waals surface area (Å²) in [5, 5.41) is 0. The molecule has 8 nitrogen and oxygen atoms in total. The van der Waals surface area contributed by atoms with E-state index in [1.165, 1.54) is 0 Å². The number of benzene rings is 6. The van der Waals surface area contributed by atoms with Crippen LogP contribution >= 0.6 is 0 Å². The van der Waals surface area contributed by atoms with E-state index in [0.717, 1.165) is 67.5 Å². The molecule has 2 heterocycles. The molecule has 0 N–H and O–H groups in total. The molecule has 0 aromatic heterocycles. The maximum Gasteiger partial charge on any atom is 2.00 e. The van der Waals surface area contributed by atoms with Gasteiger partial charge in [0.15, 0.2) is 24.0 Å². The molecule has 0 fully saturated rings. The Balaban J connectivity index is 0.00000214. The van der Waals surface area contributed by atoms with Crippen LogP contribution in [0.1, 0.15) is 53.0 Å². The Bertz CT molecular complexity index is 2160. The van der Waals surface area contributed by atoms with Gasteiger partial charge >= 0.3 is 20.4 Å². The minimum Gasteiger partial charge on any atom is -1.00 e. The number of ether oxygens (including phenoxy) is 6. The molecular weight excluding hydrogens is 955 g/mol. The number of hydrogen-bond donors (Lipinski definition) is 0. The van der Waals surface area contributed by atoms with Gasteiger partial charge in [-0.1, -0.05) is 84.9 Å². The smallest absolute Gasteiger partial charge is 1.00 e. The fraction of sp³-hybridized carbons (Fsp3) is 0.191. The van der Waals surface area contributed by atoms with E-state index >= 15 is 0 Å². The summed E-state index contributed by atoms with van der Waals surface area (Å²) in [5.41, 5.74) is 8.44. The summed E-state index contributed by atoms with van der Waals surface area (Å²) in [6.07, 6.45) is -0.408. The third-order valence-electron chi connectivity index (χ3n) is 10.2. The summed E-state index contributed by atoms with van der Waals surface area (Å²) >= 11 is 0. The van der Waals surface area contributed by atoms with Crippen molar-refractivity contribution in [2.24, 2.45) is 9.98 Å². The van der Waals surface area contributed by atoms with Crippen molar-refractivity contribution in [3.63, 3.8) is 0 Å². The van der Waals surface area contributed by atoms with Crippen LogP contribution in [0.15, 0.2) is 156 Å². The average Bonchev–Trinajstić information content (AvgIpc) is 3.89. The van der Waals surface area contributed by atoms with E-state index in [9.17, 15) is 0 Å². The summed E-state index contributed by atoms with van der Waals surface area (Å²) < 4.78 is 35.2. The molecule has 0 amide bonds. The molecule has 0 saturated heterocycles. The summed E-state index contributed by atoms with van der Waals surface area (Å²) in [4.78, 5) is 10.5. The van der Waals surface area contributed by atoms with Crippen LogP contribution in [0.2, 0.25) is 0 Å². The molecule has 0 radical (unpaired) electrons. The van der Waals surface area contributed by atoms with Crippen molar-refractivity contribution in [2.45, 2.75) is 30.7 Å². The predicted molar refractivity (Wildman–Crippen MR) is 215 cm³/mol. The van der Waals surface area contributed by atoms with Crippen molar-refractivity contribution in [3.8, 4) is 45.3 Å². The molecule has 2 unspecified atom stereocenters. The Morgan fingerprint density at radius 1 is 0.414 bits per heavy atom. The van der Waals surface area contributed by atoms with Crippen LogP contribution in [0.4, 0.5) is 0 Å². The molecule has 300 valence electrons. The fourth-order valence-electron chi connectivity index (χ4n) is 7.19. The molecule has 0 spiro atoms. The summed E-state index contributed by atoms with van der Waals surface area (Å²) in [6, 6.07) is 48.5. The van der Waals surface area contributed by atoms with E-state index < -0.39 is 0 Å². The molecule has 2 aliphatic heterocycles. The van der Waals surface area contributed by atoms with Crippen LogP contribution in [-0.4, -0.2) is 40.2 Å². The minimum absolute atomic E-state index is 0. The van der Waals surface area contributed by atoms with E-state index in [2.05, 4.69) is 72.8 Å². The molecule has 11 heteroatoms. The van der Waals surface area contributed by atoms with Gasteiger partial charge < -0.3 is 62.4 Å². The first kappa shape index (κ1) is 44.2. The second-order valence-corrected chi connectivity index (χ2v) is 13.4. The first-order chi connectivity index (χ1) is 27.0. The second-order valence-electron chi connectivity index (χ2n) is 13.4. The Morgan fingerprint density at radius 2 is 0.741 bits per heavy atom. The monoisotopic (exact) mass is 994 g/mol. The van der Waals surface area contributed by atoms with Gasteiger partial charge in [-0.05, 0) is 105 Å². The largest absolute Gasteiger partial charge is 2.00 e. The third-order valence-corrected chi connectivity index (χ3v) is 10.2. The Hall–Kier alpha value is -4.92. The van der Waals surface area contributed by atoms with Gasteiger partial charge in [-0.15, -0.1) is 0 Å². The molecule has 2 aliphatic rings. The number of nitrogens with zero attached hydrogens (tertiary/aromatic N) is 2. The molecule has 6 aromatic rings. The molecule has 4 atom stereocenters. The molecule has 6 aromatic carbocycles. The number of rotatable bonds is 12. The molecule has 0 bridgehead atoms. The molecule has 0 aliphatic carbocycles. The summed E-state index contributed by atoms with van der Waals surface area (Å²) in [5.74, 6) is 4.33. The van der Waals surface area contributed by atoms with E-state index in [0.29, 0.717) is 18.2 Å². The van der Waals surface area contributed by atoms with Gasteiger partial charge in [0.25, 0.3) is 0 Å². The zero-order valence-electron chi connectivity index (χ0n) is 32.3. The second kappa shape index (κ2) is 20.2. The quantitative estimate of drug-likeness (QED) is 0.168. The van der Waals surface area contributed by atoms with Gasteiger partial charge in [0, 0.05) is 0 Å². The van der Waals surface area contributed by atoms with Gasteiger partial charge in [0.1, 0.15) is 35.1 Å². The Kier molecular flexibility index (Phi) is 15.4. The average molecular weight is 997 g/mol. The van der Waals surface area contributed by atoms with Crippen molar-refractivity contribution in [1.82, 2.24) is 0 Å². The normalized spacial score (nSPS) is 17.8. The molecule has 58 heavy (non-hydrogen) atoms. The van der Waals surface area contributed by atoms with E-state index in [4.69, 9.17) is 38.4 Å². The zero-order chi connectivity index (χ0) is 37.7. The van der Waals surface area contributed by atoms with Gasteiger partial charge in [0.05, 0.1) is 34.9 Å². The van der Waals surface area contributed by atoms with Crippen molar-refractivity contribution < 1.29 is 82.8 Å². The molecular formula is C47H42Br2N2O6Pd. The zero-order valence-corrected chi connectivity index (χ0v) is 37.0. The molecule has 0 saturated carbocycles. The topological polar surface area (TPSA) is 80.1 Å². The minimum atomic E-state index is -0.358. The summed E-state index contributed by atoms with van der Waals surface area (Å²) in [6.45, 7) is 0. The number of aliphatic imine (C=N–C) groups is 2. The SMILES string of the molecule is COc1ccc(-c2cccc([C@H]3N=C(CC4=N[C@H](c5cccc(-c6ccc(OC)cc6)c5)C(c5ccc(OC)cc5)O4)OC3c3ccc(OC)cc3)c2)cc1.[Br-].[Br-].[Pd+2]. The van der Waals surface area contributed by atoms with Crippen molar-refractivity contribution in [3.05, 3.63) is 168 Å². The maximum atomic E-state index is 6.74. The molecule has 8 rings (SSSR count). The number of methoxy groups -OCH3 is 4. The van der Waals surface area contributed by atoms with Crippen LogP contribution < -0.4 is 52.9 Å². The van der Waals surface area contributed by atoms with Crippen molar-refractivity contribution >= 4 is 11.8 Å². The van der Waals surface area contributed by atoms with Crippen LogP contribution in [0.25, 0.3) is 22.3 Å². The van der Waals surface area contributed by atoms with Crippen LogP contribution in [0, 0.1) is 0 Å². The van der Waals surface area contributed by atoms with Gasteiger partial charge in [-0.3, -0.25) is 0 Å². The van der Waals surface area contributed by atoms with E-state index in [1.807, 2.05) is 72.8 Å². The fourth-order valence-corrected chi connectivity index (χ4v) is 7.19. The Labute approximate surface area is 374 Å². The standard InChI is InChI=1S/C47H42N2O6.2BrH.Pd/c1-50-38-19-11-30(12-20-38)34-7-5-9-36(27-34)44-46(32-15-23-40(52-3)24-16-32)54-42(48-44)29-43-49-45(47(55-43)33-17-25-41(53-4)26-18-33)37-10-6-8-35(28-37)31-13-21-39(51-2)22-14-31;;;/h5-28,44-47H,29H2,1-4H3;2*1H;/q;;;+2/p-2/t44-,45-,46?,47?;;;/m1.../s1. The van der Waals surface area contributed by atoms with Crippen molar-refractivity contribution in [2.75, 3.05) is 28.4 Å². The first-order valence-electron chi connectivity index (χ1n) is 18.2. The van der Waals surface area contributed by atoms with E-state index in [1.54, 1.807) is 28.4 Å². The van der Waals surface area contributed by atoms with Gasteiger partial charge in [0.2, 0.25) is 0 Å². The van der Waals surface area contributed by atoms with Crippen molar-refractivity contribution in [1.29, 1.82) is 0 Å². The maximum absolute atomic E-state index is 6.74. The third kappa shape index (κ3) is 9.67. The predicted octanol–water partition coefficient (Wildman–Crippen LogP) is 4.57. The van der Waals surface area contributed by atoms with Crippen LogP contribution in [-0.2, 0) is 29.9 Å². The van der Waals surface area contributed by atoms with Gasteiger partial charge in [-0.25, -0.2) is 9.98 Å².